The summed E-state index contributed by atoms with van der Waals surface area (Å²) in [7, 11) is 0. The third kappa shape index (κ3) is 3.65. The maximum absolute atomic E-state index is 12.9. The Morgan fingerprint density at radius 1 is 1.32 bits per heavy atom. The largest absolute Gasteiger partial charge is 0.374 e. The van der Waals surface area contributed by atoms with E-state index in [4.69, 9.17) is 9.47 Å². The van der Waals surface area contributed by atoms with Crippen LogP contribution in [0, 0.1) is 5.92 Å². The molecule has 0 unspecified atom stereocenters. The van der Waals surface area contributed by atoms with Crippen LogP contribution in [-0.2, 0) is 20.8 Å². The van der Waals surface area contributed by atoms with Gasteiger partial charge < -0.3 is 14.4 Å². The van der Waals surface area contributed by atoms with E-state index in [-0.39, 0.29) is 30.1 Å². The topological polar surface area (TPSA) is 56.6 Å². The number of hydrogen-bond donors (Lipinski definition) is 0. The molecular weight excluding hydrogens is 318 g/mol. The Bertz CT molecular complexity index is 593. The number of nitrogens with zero attached hydrogens (tertiary/aromatic N) is 3. The Morgan fingerprint density at radius 2 is 2.20 bits per heavy atom. The number of allylic oxidation sites excluding steroid dienone is 2. The Labute approximate surface area is 148 Å². The zero-order valence-electron chi connectivity index (χ0n) is 14.6. The molecule has 2 saturated heterocycles. The van der Waals surface area contributed by atoms with Crippen LogP contribution < -0.4 is 0 Å². The molecule has 6 heteroatoms. The first-order valence-corrected chi connectivity index (χ1v) is 9.49. The van der Waals surface area contributed by atoms with Gasteiger partial charge in [0.15, 0.2) is 0 Å². The Kier molecular flexibility index (Phi) is 5.17. The molecule has 0 aromatic carbocycles. The highest BCUT2D eigenvalue weighted by molar-refractivity contribution is 5.80. The van der Waals surface area contributed by atoms with Crippen LogP contribution in [-0.4, -0.2) is 58.6 Å². The molecule has 4 rings (SSSR count). The average molecular weight is 345 g/mol. The summed E-state index contributed by atoms with van der Waals surface area (Å²) in [6, 6.07) is 2.12. The molecule has 2 aliphatic heterocycles. The second-order valence-corrected chi connectivity index (χ2v) is 7.21. The smallest absolute Gasteiger partial charge is 0.226 e. The van der Waals surface area contributed by atoms with E-state index in [1.165, 1.54) is 0 Å². The van der Waals surface area contributed by atoms with Crippen molar-refractivity contribution in [2.24, 2.45) is 5.92 Å². The lowest BCUT2D eigenvalue weighted by atomic mass is 10.0. The van der Waals surface area contributed by atoms with Gasteiger partial charge in [-0.1, -0.05) is 12.2 Å². The van der Waals surface area contributed by atoms with Crippen LogP contribution in [0.1, 0.15) is 32.1 Å². The van der Waals surface area contributed by atoms with E-state index in [1.54, 1.807) is 6.20 Å². The molecule has 136 valence electrons. The van der Waals surface area contributed by atoms with Gasteiger partial charge in [0.1, 0.15) is 12.2 Å². The number of rotatable bonds is 6. The van der Waals surface area contributed by atoms with Crippen molar-refractivity contribution in [2.75, 3.05) is 19.8 Å². The summed E-state index contributed by atoms with van der Waals surface area (Å²) in [6.45, 7) is 2.98. The number of fused-ring (bicyclic) bond motifs is 1. The van der Waals surface area contributed by atoms with Crippen molar-refractivity contribution < 1.29 is 14.3 Å². The number of ether oxygens (including phenoxy) is 2. The summed E-state index contributed by atoms with van der Waals surface area (Å²) in [5.41, 5.74) is 0. The Balaban J connectivity index is 1.32. The molecule has 1 aromatic heterocycles. The molecule has 3 aliphatic rings. The molecule has 0 spiro atoms. The van der Waals surface area contributed by atoms with Crippen LogP contribution in [0.4, 0.5) is 0 Å². The predicted molar refractivity (Wildman–Crippen MR) is 92.9 cm³/mol. The lowest BCUT2D eigenvalue weighted by molar-refractivity contribution is -0.138. The van der Waals surface area contributed by atoms with Crippen molar-refractivity contribution in [1.29, 1.82) is 0 Å². The molecule has 3 atom stereocenters. The van der Waals surface area contributed by atoms with Crippen LogP contribution in [0.25, 0.3) is 0 Å². The predicted octanol–water partition coefficient (Wildman–Crippen LogP) is 2.01. The van der Waals surface area contributed by atoms with Crippen LogP contribution in [0.5, 0.6) is 0 Å². The second kappa shape index (κ2) is 7.70. The minimum absolute atomic E-state index is 0.00114. The standard InChI is InChI=1S/C19H27N3O3/c23-19(15-6-1-2-7-15)22-14-17(18-16(22)8-3-12-25-18)24-13-5-11-21-10-4-9-20-21/h1-2,4,9-10,15-18H,3,5-8,11-14H2/t16-,17+,18+/m0/s1. The quantitative estimate of drug-likeness (QED) is 0.585. The Morgan fingerprint density at radius 3 is 3.00 bits per heavy atom. The first kappa shape index (κ1) is 16.8. The first-order valence-electron chi connectivity index (χ1n) is 9.49. The van der Waals surface area contributed by atoms with Gasteiger partial charge >= 0.3 is 0 Å². The van der Waals surface area contributed by atoms with Gasteiger partial charge in [-0.15, -0.1) is 0 Å². The van der Waals surface area contributed by atoms with Gasteiger partial charge in [0.05, 0.1) is 6.04 Å². The van der Waals surface area contributed by atoms with E-state index in [2.05, 4.69) is 22.2 Å². The SMILES string of the molecule is O=C(C1CC=CC1)N1C[C@@H](OCCCn2cccn2)[C@@H]2OCCC[C@@H]21. The van der Waals surface area contributed by atoms with Crippen molar-refractivity contribution >= 4 is 5.91 Å². The number of hydrogen-bond acceptors (Lipinski definition) is 4. The molecule has 0 saturated carbocycles. The van der Waals surface area contributed by atoms with Gasteiger partial charge in [-0.3, -0.25) is 9.48 Å². The minimum atomic E-state index is 0.00114. The zero-order valence-corrected chi connectivity index (χ0v) is 14.6. The molecule has 2 fully saturated rings. The number of aromatic nitrogens is 2. The maximum atomic E-state index is 12.9. The molecule has 0 bridgehead atoms. The number of carbonyl (C=O) groups excluding carboxylic acids is 1. The van der Waals surface area contributed by atoms with Gasteiger partial charge in [0.2, 0.25) is 5.91 Å². The molecule has 0 radical (unpaired) electrons. The van der Waals surface area contributed by atoms with E-state index in [9.17, 15) is 4.79 Å². The molecule has 3 heterocycles. The fraction of sp³-hybridized carbons (Fsp3) is 0.684. The molecule has 6 nitrogen and oxygen atoms in total. The summed E-state index contributed by atoms with van der Waals surface area (Å²) in [6.07, 6.45) is 12.8. The van der Waals surface area contributed by atoms with Crippen molar-refractivity contribution in [3.63, 3.8) is 0 Å². The van der Waals surface area contributed by atoms with Crippen LogP contribution >= 0.6 is 0 Å². The van der Waals surface area contributed by atoms with Crippen molar-refractivity contribution in [3.8, 4) is 0 Å². The summed E-state index contributed by atoms with van der Waals surface area (Å²) >= 11 is 0. The lowest BCUT2D eigenvalue weighted by Crippen LogP contribution is -2.45. The van der Waals surface area contributed by atoms with Gasteiger partial charge in [-0.2, -0.15) is 5.10 Å². The Hall–Kier alpha value is -1.66. The highest BCUT2D eigenvalue weighted by Gasteiger charge is 2.47. The van der Waals surface area contributed by atoms with Gasteiger partial charge in [0.25, 0.3) is 0 Å². The zero-order chi connectivity index (χ0) is 17.1. The maximum Gasteiger partial charge on any atom is 0.226 e. The van der Waals surface area contributed by atoms with Crippen molar-refractivity contribution in [2.45, 2.75) is 56.9 Å². The third-order valence-electron chi connectivity index (χ3n) is 5.54. The monoisotopic (exact) mass is 345 g/mol. The van der Waals surface area contributed by atoms with Crippen LogP contribution in [0.15, 0.2) is 30.6 Å². The van der Waals surface area contributed by atoms with E-state index in [1.807, 2.05) is 16.9 Å². The van der Waals surface area contributed by atoms with Gasteiger partial charge in [0, 0.05) is 44.6 Å². The minimum Gasteiger partial charge on any atom is -0.374 e. The summed E-state index contributed by atoms with van der Waals surface area (Å²) < 4.78 is 14.1. The van der Waals surface area contributed by atoms with Crippen LogP contribution in [0.3, 0.4) is 0 Å². The molecule has 0 N–H and O–H groups in total. The summed E-state index contributed by atoms with van der Waals surface area (Å²) in [4.78, 5) is 15.0. The fourth-order valence-corrected chi connectivity index (χ4v) is 4.26. The fourth-order valence-electron chi connectivity index (χ4n) is 4.26. The molecular formula is C19H27N3O3. The summed E-state index contributed by atoms with van der Waals surface area (Å²) in [5.74, 6) is 0.411. The molecule has 25 heavy (non-hydrogen) atoms. The average Bonchev–Trinajstić information content (AvgIpc) is 3.39. The van der Waals surface area contributed by atoms with Gasteiger partial charge in [-0.05, 0) is 38.2 Å². The van der Waals surface area contributed by atoms with E-state index in [0.717, 1.165) is 45.3 Å². The van der Waals surface area contributed by atoms with Crippen LogP contribution in [0.2, 0.25) is 0 Å². The third-order valence-corrected chi connectivity index (χ3v) is 5.54. The van der Waals surface area contributed by atoms with Crippen molar-refractivity contribution in [3.05, 3.63) is 30.6 Å². The highest BCUT2D eigenvalue weighted by Crippen LogP contribution is 2.33. The number of aryl methyl sites for hydroxylation is 1. The highest BCUT2D eigenvalue weighted by atomic mass is 16.5. The number of carbonyl (C=O) groups is 1. The lowest BCUT2D eigenvalue weighted by Gasteiger charge is -2.33. The van der Waals surface area contributed by atoms with E-state index >= 15 is 0 Å². The van der Waals surface area contributed by atoms with Crippen molar-refractivity contribution in [1.82, 2.24) is 14.7 Å². The first-order chi connectivity index (χ1) is 12.3. The molecule has 1 amide bonds. The molecule has 1 aromatic rings. The van der Waals surface area contributed by atoms with E-state index < -0.39 is 0 Å². The number of likely N-dealkylation sites (tertiary alicyclic amines) is 1. The van der Waals surface area contributed by atoms with E-state index in [0.29, 0.717) is 13.2 Å². The molecule has 1 aliphatic carbocycles. The normalized spacial score (nSPS) is 29.3. The number of amides is 1. The van der Waals surface area contributed by atoms with Gasteiger partial charge in [-0.25, -0.2) is 0 Å². The summed E-state index contributed by atoms with van der Waals surface area (Å²) in [5, 5.41) is 4.21. The second-order valence-electron chi connectivity index (χ2n) is 7.21.